The fourth-order valence-corrected chi connectivity index (χ4v) is 4.40. The molecule has 2 aromatic heterocycles. The van der Waals surface area contributed by atoms with E-state index in [9.17, 15) is 9.59 Å². The summed E-state index contributed by atoms with van der Waals surface area (Å²) in [5, 5.41) is 5.12. The van der Waals surface area contributed by atoms with Crippen LogP contribution in [-0.4, -0.2) is 36.5 Å². The monoisotopic (exact) mass is 430 g/mol. The lowest BCUT2D eigenvalue weighted by molar-refractivity contribution is -0.117. The Bertz CT molecular complexity index is 699. The Morgan fingerprint density at radius 2 is 2.08 bits per heavy atom. The lowest BCUT2D eigenvalue weighted by atomic mass is 10.3. The Kier molecular flexibility index (Phi) is 7.41. The number of ether oxygens (including phenoxy) is 1. The normalized spacial score (nSPS) is 10.8. The van der Waals surface area contributed by atoms with Crippen LogP contribution in [0.5, 0.6) is 0 Å². The third kappa shape index (κ3) is 5.41. The van der Waals surface area contributed by atoms with Crippen molar-refractivity contribution in [3.63, 3.8) is 0 Å². The Hall–Kier alpha value is -1.22. The standard InChI is InChI=1S/C16H19BrN2O3S2/c1-3-19(9-11-5-6-13(17)24-11)10-14(20)18-15-12(7-8-23-15)16(21)22-4-2/h5-8H,3-4,9-10H2,1-2H3,(H,18,20). The molecule has 130 valence electrons. The number of halogens is 1. The molecule has 1 N–H and O–H groups in total. The highest BCUT2D eigenvalue weighted by atomic mass is 79.9. The van der Waals surface area contributed by atoms with Crippen molar-refractivity contribution in [3.8, 4) is 0 Å². The smallest absolute Gasteiger partial charge is 0.341 e. The molecule has 0 bridgehead atoms. The Labute approximate surface area is 157 Å². The van der Waals surface area contributed by atoms with Gasteiger partial charge in [0.15, 0.2) is 0 Å². The van der Waals surface area contributed by atoms with Gasteiger partial charge in [-0.3, -0.25) is 9.69 Å². The Morgan fingerprint density at radius 3 is 2.71 bits per heavy atom. The summed E-state index contributed by atoms with van der Waals surface area (Å²) >= 11 is 6.43. The molecule has 0 atom stereocenters. The van der Waals surface area contributed by atoms with Gasteiger partial charge in [-0.25, -0.2) is 4.79 Å². The first-order valence-electron chi connectivity index (χ1n) is 7.54. The van der Waals surface area contributed by atoms with Crippen molar-refractivity contribution < 1.29 is 14.3 Å². The van der Waals surface area contributed by atoms with Gasteiger partial charge < -0.3 is 10.1 Å². The van der Waals surface area contributed by atoms with Crippen LogP contribution in [0, 0.1) is 0 Å². The number of nitrogens with one attached hydrogen (secondary N) is 1. The first kappa shape index (κ1) is 19.1. The molecular weight excluding hydrogens is 412 g/mol. The van der Waals surface area contributed by atoms with Gasteiger partial charge in [-0.15, -0.1) is 22.7 Å². The summed E-state index contributed by atoms with van der Waals surface area (Å²) in [7, 11) is 0. The number of anilines is 1. The minimum Gasteiger partial charge on any atom is -0.462 e. The molecule has 1 amide bonds. The number of thiophene rings is 2. The van der Waals surface area contributed by atoms with Crippen LogP contribution in [0.3, 0.4) is 0 Å². The summed E-state index contributed by atoms with van der Waals surface area (Å²) < 4.78 is 6.07. The van der Waals surface area contributed by atoms with Crippen molar-refractivity contribution in [2.45, 2.75) is 20.4 Å². The van der Waals surface area contributed by atoms with E-state index >= 15 is 0 Å². The minimum atomic E-state index is -0.412. The number of nitrogens with zero attached hydrogens (tertiary/aromatic N) is 1. The first-order valence-corrected chi connectivity index (χ1v) is 10.0. The fraction of sp³-hybridized carbons (Fsp3) is 0.375. The van der Waals surface area contributed by atoms with Crippen molar-refractivity contribution >= 4 is 55.5 Å². The molecule has 0 aromatic carbocycles. The number of carbonyl (C=O) groups is 2. The Balaban J connectivity index is 1.94. The zero-order chi connectivity index (χ0) is 17.5. The molecule has 8 heteroatoms. The van der Waals surface area contributed by atoms with Gasteiger partial charge in [0.25, 0.3) is 0 Å². The van der Waals surface area contributed by atoms with E-state index in [1.165, 1.54) is 16.2 Å². The van der Waals surface area contributed by atoms with Crippen LogP contribution >= 0.6 is 38.6 Å². The molecule has 0 spiro atoms. The molecular formula is C16H19BrN2O3S2. The van der Waals surface area contributed by atoms with Gasteiger partial charge in [-0.2, -0.15) is 0 Å². The van der Waals surface area contributed by atoms with E-state index in [0.717, 1.165) is 16.9 Å². The summed E-state index contributed by atoms with van der Waals surface area (Å²) in [6.45, 7) is 5.83. The summed E-state index contributed by atoms with van der Waals surface area (Å²) in [5.41, 5.74) is 0.403. The van der Waals surface area contributed by atoms with E-state index in [2.05, 4.69) is 21.2 Å². The second-order valence-electron chi connectivity index (χ2n) is 4.94. The van der Waals surface area contributed by atoms with Crippen molar-refractivity contribution in [2.75, 3.05) is 25.0 Å². The summed E-state index contributed by atoms with van der Waals surface area (Å²) in [6, 6.07) is 5.72. The van der Waals surface area contributed by atoms with Crippen LogP contribution in [0.1, 0.15) is 29.1 Å². The number of likely N-dealkylation sites (N-methyl/N-ethyl adjacent to an activating group) is 1. The summed E-state index contributed by atoms with van der Waals surface area (Å²) in [6.07, 6.45) is 0. The number of hydrogen-bond donors (Lipinski definition) is 1. The number of rotatable bonds is 8. The molecule has 0 unspecified atom stereocenters. The SMILES string of the molecule is CCOC(=O)c1ccsc1NC(=O)CN(CC)Cc1ccc(Br)s1. The van der Waals surface area contributed by atoms with Gasteiger partial charge in [-0.05, 0) is 53.0 Å². The summed E-state index contributed by atoms with van der Waals surface area (Å²) in [4.78, 5) is 27.4. The molecule has 0 aliphatic heterocycles. The lowest BCUT2D eigenvalue weighted by Crippen LogP contribution is -2.32. The average Bonchev–Trinajstić information content (AvgIpc) is 3.16. The van der Waals surface area contributed by atoms with Gasteiger partial charge in [0.05, 0.1) is 22.5 Å². The van der Waals surface area contributed by atoms with Gasteiger partial charge >= 0.3 is 5.97 Å². The first-order chi connectivity index (χ1) is 11.5. The van der Waals surface area contributed by atoms with E-state index in [1.54, 1.807) is 29.7 Å². The van der Waals surface area contributed by atoms with E-state index < -0.39 is 5.97 Å². The van der Waals surface area contributed by atoms with Crippen LogP contribution in [-0.2, 0) is 16.1 Å². The summed E-state index contributed by atoms with van der Waals surface area (Å²) in [5.74, 6) is -0.551. The lowest BCUT2D eigenvalue weighted by Gasteiger charge is -2.18. The van der Waals surface area contributed by atoms with E-state index in [1.807, 2.05) is 24.0 Å². The second-order valence-corrected chi connectivity index (χ2v) is 8.40. The van der Waals surface area contributed by atoms with Gasteiger partial charge in [0.1, 0.15) is 5.00 Å². The fourth-order valence-electron chi connectivity index (χ4n) is 2.08. The highest BCUT2D eigenvalue weighted by molar-refractivity contribution is 9.11. The van der Waals surface area contributed by atoms with E-state index in [0.29, 0.717) is 17.2 Å². The van der Waals surface area contributed by atoms with Crippen molar-refractivity contribution in [3.05, 3.63) is 37.8 Å². The predicted molar refractivity (Wildman–Crippen MR) is 102 cm³/mol. The predicted octanol–water partition coefficient (Wildman–Crippen LogP) is 4.21. The molecule has 2 aromatic rings. The zero-order valence-corrected chi connectivity index (χ0v) is 16.7. The maximum absolute atomic E-state index is 12.3. The van der Waals surface area contributed by atoms with Crippen LogP contribution in [0.2, 0.25) is 0 Å². The van der Waals surface area contributed by atoms with Crippen molar-refractivity contribution in [1.29, 1.82) is 0 Å². The van der Waals surface area contributed by atoms with Gasteiger partial charge in [-0.1, -0.05) is 6.92 Å². The topological polar surface area (TPSA) is 58.6 Å². The number of carbonyl (C=O) groups excluding carboxylic acids is 2. The number of esters is 1. The number of amides is 1. The van der Waals surface area contributed by atoms with Gasteiger partial charge in [0, 0.05) is 11.4 Å². The van der Waals surface area contributed by atoms with Crippen molar-refractivity contribution in [2.24, 2.45) is 0 Å². The molecule has 24 heavy (non-hydrogen) atoms. The third-order valence-electron chi connectivity index (χ3n) is 3.24. The van der Waals surface area contributed by atoms with Crippen LogP contribution < -0.4 is 5.32 Å². The minimum absolute atomic E-state index is 0.138. The van der Waals surface area contributed by atoms with E-state index in [4.69, 9.17) is 4.74 Å². The molecule has 2 rings (SSSR count). The maximum Gasteiger partial charge on any atom is 0.341 e. The quantitative estimate of drug-likeness (QED) is 0.637. The van der Waals surface area contributed by atoms with Crippen LogP contribution in [0.25, 0.3) is 0 Å². The van der Waals surface area contributed by atoms with Crippen molar-refractivity contribution in [1.82, 2.24) is 4.90 Å². The maximum atomic E-state index is 12.3. The third-order valence-corrected chi connectivity index (χ3v) is 5.67. The molecule has 0 radical (unpaired) electrons. The van der Waals surface area contributed by atoms with Crippen LogP contribution in [0.4, 0.5) is 5.00 Å². The largest absolute Gasteiger partial charge is 0.462 e. The molecule has 0 saturated heterocycles. The molecule has 0 saturated carbocycles. The van der Waals surface area contributed by atoms with Crippen LogP contribution in [0.15, 0.2) is 27.4 Å². The highest BCUT2D eigenvalue weighted by Crippen LogP contribution is 2.25. The second kappa shape index (κ2) is 9.31. The zero-order valence-electron chi connectivity index (χ0n) is 13.5. The molecule has 0 aliphatic carbocycles. The van der Waals surface area contributed by atoms with Gasteiger partial charge in [0.2, 0.25) is 5.91 Å². The molecule has 0 aliphatic rings. The average molecular weight is 431 g/mol. The molecule has 0 fully saturated rings. The van der Waals surface area contributed by atoms with E-state index in [-0.39, 0.29) is 12.5 Å². The number of hydrogen-bond acceptors (Lipinski definition) is 6. The molecule has 2 heterocycles. The highest BCUT2D eigenvalue weighted by Gasteiger charge is 2.17. The Morgan fingerprint density at radius 1 is 1.29 bits per heavy atom. The molecule has 5 nitrogen and oxygen atoms in total.